The second-order valence-electron chi connectivity index (χ2n) is 8.24. The number of ether oxygens (including phenoxy) is 1. The lowest BCUT2D eigenvalue weighted by Gasteiger charge is -2.31. The maximum absolute atomic E-state index is 12.1. The molecule has 0 spiro atoms. The van der Waals surface area contributed by atoms with Crippen LogP contribution in [0.4, 0.5) is 0 Å². The van der Waals surface area contributed by atoms with Crippen molar-refractivity contribution >= 4 is 16.7 Å². The molecule has 2 aromatic rings. The predicted molar refractivity (Wildman–Crippen MR) is 109 cm³/mol. The highest BCUT2D eigenvalue weighted by atomic mass is 16.5. The number of amides is 1. The summed E-state index contributed by atoms with van der Waals surface area (Å²) in [6, 6.07) is 13.3. The van der Waals surface area contributed by atoms with Crippen LogP contribution >= 0.6 is 0 Å². The van der Waals surface area contributed by atoms with E-state index in [9.17, 15) is 4.79 Å². The zero-order valence-corrected chi connectivity index (χ0v) is 16.6. The molecule has 3 atom stereocenters. The highest BCUT2D eigenvalue weighted by Gasteiger charge is 2.41. The van der Waals surface area contributed by atoms with Crippen molar-refractivity contribution in [3.8, 4) is 5.75 Å². The Labute approximate surface area is 162 Å². The first kappa shape index (κ1) is 18.3. The third kappa shape index (κ3) is 3.55. The van der Waals surface area contributed by atoms with E-state index in [0.717, 1.165) is 31.7 Å². The number of likely N-dealkylation sites (tertiary alicyclic amines) is 1. The van der Waals surface area contributed by atoms with E-state index < -0.39 is 0 Å². The van der Waals surface area contributed by atoms with Gasteiger partial charge in [-0.3, -0.25) is 9.69 Å². The van der Waals surface area contributed by atoms with Crippen LogP contribution in [-0.4, -0.2) is 49.0 Å². The molecule has 0 aromatic heterocycles. The first-order chi connectivity index (χ1) is 13.1. The molecule has 2 aliphatic rings. The molecule has 0 radical (unpaired) electrons. The van der Waals surface area contributed by atoms with Gasteiger partial charge in [-0.25, -0.2) is 0 Å². The van der Waals surface area contributed by atoms with Gasteiger partial charge in [0.1, 0.15) is 5.75 Å². The van der Waals surface area contributed by atoms with E-state index in [1.54, 1.807) is 0 Å². The molecule has 1 heterocycles. The van der Waals surface area contributed by atoms with Crippen molar-refractivity contribution in [3.63, 3.8) is 0 Å². The lowest BCUT2D eigenvalue weighted by atomic mass is 9.88. The number of hydrogen-bond acceptors (Lipinski definition) is 3. The smallest absolute Gasteiger partial charge is 0.222 e. The summed E-state index contributed by atoms with van der Waals surface area (Å²) in [6.07, 6.45) is 3.05. The van der Waals surface area contributed by atoms with Crippen molar-refractivity contribution < 1.29 is 9.53 Å². The molecule has 1 aliphatic heterocycles. The third-order valence-electron chi connectivity index (χ3n) is 6.52. The van der Waals surface area contributed by atoms with Crippen LogP contribution in [0.2, 0.25) is 0 Å². The second-order valence-corrected chi connectivity index (χ2v) is 8.24. The number of hydrogen-bond donors (Lipinski definition) is 0. The number of carbonyl (C=O) groups is 1. The van der Waals surface area contributed by atoms with Crippen LogP contribution < -0.4 is 4.74 Å². The van der Waals surface area contributed by atoms with Crippen molar-refractivity contribution in [2.75, 3.05) is 27.2 Å². The van der Waals surface area contributed by atoms with Crippen LogP contribution in [0.1, 0.15) is 31.7 Å². The van der Waals surface area contributed by atoms with Crippen LogP contribution in [0.15, 0.2) is 36.4 Å². The Bertz CT molecular complexity index is 834. The zero-order valence-electron chi connectivity index (χ0n) is 16.6. The van der Waals surface area contributed by atoms with E-state index in [1.807, 2.05) is 18.9 Å². The Hall–Kier alpha value is -2.07. The van der Waals surface area contributed by atoms with Crippen molar-refractivity contribution in [2.45, 2.75) is 38.8 Å². The largest absolute Gasteiger partial charge is 0.494 e. The molecule has 4 heteroatoms. The molecule has 1 saturated carbocycles. The van der Waals surface area contributed by atoms with Crippen molar-refractivity contribution in [3.05, 3.63) is 42.0 Å². The van der Waals surface area contributed by atoms with Crippen LogP contribution in [0.3, 0.4) is 0 Å². The van der Waals surface area contributed by atoms with Crippen LogP contribution in [0.25, 0.3) is 10.8 Å². The average molecular weight is 367 g/mol. The van der Waals surface area contributed by atoms with Gasteiger partial charge in [0.2, 0.25) is 5.91 Å². The van der Waals surface area contributed by atoms with E-state index in [-0.39, 0.29) is 0 Å². The Morgan fingerprint density at radius 3 is 2.74 bits per heavy atom. The number of fused-ring (bicyclic) bond motifs is 2. The lowest BCUT2D eigenvalue weighted by Crippen LogP contribution is -2.39. The minimum atomic E-state index is 0.312. The van der Waals surface area contributed by atoms with Crippen LogP contribution in [0.5, 0.6) is 5.75 Å². The van der Waals surface area contributed by atoms with E-state index in [0.29, 0.717) is 30.4 Å². The highest BCUT2D eigenvalue weighted by Crippen LogP contribution is 2.41. The van der Waals surface area contributed by atoms with Gasteiger partial charge in [0, 0.05) is 38.2 Å². The van der Waals surface area contributed by atoms with Gasteiger partial charge in [-0.05, 0) is 55.5 Å². The second kappa shape index (κ2) is 7.51. The normalized spacial score (nSPS) is 25.3. The molecule has 27 heavy (non-hydrogen) atoms. The number of rotatable bonds is 5. The Balaban J connectivity index is 1.55. The standard InChI is InChI=1S/C23H30N2O2/c1-4-27-22-10-9-16-7-5-6-8-20(16)21(22)15-24(2)19-11-17-13-23(26)25(3)14-18(17)12-19/h5-10,17-19H,4,11-15H2,1-3H3/t17-,18+,19-/m1/s1. The van der Waals surface area contributed by atoms with E-state index in [1.165, 1.54) is 22.8 Å². The van der Waals surface area contributed by atoms with Gasteiger partial charge in [-0.1, -0.05) is 30.3 Å². The molecule has 1 saturated heterocycles. The molecule has 4 nitrogen and oxygen atoms in total. The Kier molecular flexibility index (Phi) is 5.09. The van der Waals surface area contributed by atoms with Gasteiger partial charge in [-0.2, -0.15) is 0 Å². The minimum absolute atomic E-state index is 0.312. The SMILES string of the molecule is CCOc1ccc2ccccc2c1CN(C)[C@@H]1C[C@@H]2CC(=O)N(C)C[C@@H]2C1. The fourth-order valence-electron chi connectivity index (χ4n) is 5.00. The first-order valence-electron chi connectivity index (χ1n) is 10.1. The first-order valence-corrected chi connectivity index (χ1v) is 10.1. The molecular weight excluding hydrogens is 336 g/mol. The Morgan fingerprint density at radius 1 is 1.15 bits per heavy atom. The fraction of sp³-hybridized carbons (Fsp3) is 0.522. The van der Waals surface area contributed by atoms with Crippen molar-refractivity contribution in [1.29, 1.82) is 0 Å². The summed E-state index contributed by atoms with van der Waals surface area (Å²) >= 11 is 0. The quantitative estimate of drug-likeness (QED) is 0.804. The summed E-state index contributed by atoms with van der Waals surface area (Å²) in [5, 5.41) is 2.54. The van der Waals surface area contributed by atoms with E-state index in [2.05, 4.69) is 48.3 Å². The number of carbonyl (C=O) groups excluding carboxylic acids is 1. The van der Waals surface area contributed by atoms with Crippen LogP contribution in [-0.2, 0) is 11.3 Å². The number of benzene rings is 2. The molecule has 0 unspecified atom stereocenters. The van der Waals surface area contributed by atoms with E-state index >= 15 is 0 Å². The lowest BCUT2D eigenvalue weighted by molar-refractivity contribution is -0.134. The van der Waals surface area contributed by atoms with Crippen molar-refractivity contribution in [1.82, 2.24) is 9.80 Å². The molecule has 144 valence electrons. The topological polar surface area (TPSA) is 32.8 Å². The molecule has 4 rings (SSSR count). The molecule has 0 bridgehead atoms. The fourth-order valence-corrected chi connectivity index (χ4v) is 5.00. The van der Waals surface area contributed by atoms with Gasteiger partial charge >= 0.3 is 0 Å². The summed E-state index contributed by atoms with van der Waals surface area (Å²) in [5.74, 6) is 2.51. The highest BCUT2D eigenvalue weighted by molar-refractivity contribution is 5.87. The summed E-state index contributed by atoms with van der Waals surface area (Å²) in [6.45, 7) is 4.52. The monoisotopic (exact) mass is 366 g/mol. The molecule has 2 aromatic carbocycles. The number of nitrogens with zero attached hydrogens (tertiary/aromatic N) is 2. The van der Waals surface area contributed by atoms with Gasteiger partial charge in [-0.15, -0.1) is 0 Å². The molecule has 1 aliphatic carbocycles. The molecule has 2 fully saturated rings. The Morgan fingerprint density at radius 2 is 1.93 bits per heavy atom. The summed E-state index contributed by atoms with van der Waals surface area (Å²) in [4.78, 5) is 16.5. The summed E-state index contributed by atoms with van der Waals surface area (Å²) in [5.41, 5.74) is 1.28. The van der Waals surface area contributed by atoms with Gasteiger partial charge in [0.25, 0.3) is 0 Å². The molecule has 0 N–H and O–H groups in total. The summed E-state index contributed by atoms with van der Waals surface area (Å²) < 4.78 is 5.95. The predicted octanol–water partition coefficient (Wildman–Crippen LogP) is 3.93. The van der Waals surface area contributed by atoms with E-state index in [4.69, 9.17) is 4.74 Å². The van der Waals surface area contributed by atoms with Gasteiger partial charge in [0.15, 0.2) is 0 Å². The minimum Gasteiger partial charge on any atom is -0.494 e. The average Bonchev–Trinajstić information content (AvgIpc) is 3.07. The number of piperidine rings is 1. The van der Waals surface area contributed by atoms with Gasteiger partial charge in [0.05, 0.1) is 6.61 Å². The van der Waals surface area contributed by atoms with Crippen LogP contribution in [0, 0.1) is 11.8 Å². The maximum Gasteiger partial charge on any atom is 0.222 e. The van der Waals surface area contributed by atoms with Crippen molar-refractivity contribution in [2.24, 2.45) is 11.8 Å². The third-order valence-corrected chi connectivity index (χ3v) is 6.52. The summed E-state index contributed by atoms with van der Waals surface area (Å²) in [7, 11) is 4.17. The molecule has 1 amide bonds. The van der Waals surface area contributed by atoms with Gasteiger partial charge < -0.3 is 9.64 Å². The zero-order chi connectivity index (χ0) is 19.0. The molecular formula is C23H30N2O2. The maximum atomic E-state index is 12.1.